The molecule has 0 saturated carbocycles. The first-order valence-electron chi connectivity index (χ1n) is 10.7. The summed E-state index contributed by atoms with van der Waals surface area (Å²) in [5, 5.41) is 2.68. The number of aryl methyl sites for hydroxylation is 3. The number of para-hydroxylation sites is 1. The van der Waals surface area contributed by atoms with Crippen molar-refractivity contribution in [3.8, 4) is 5.75 Å². The van der Waals surface area contributed by atoms with Gasteiger partial charge < -0.3 is 14.5 Å². The highest BCUT2D eigenvalue weighted by Crippen LogP contribution is 2.20. The average molecular weight is 493 g/mol. The first-order valence-corrected chi connectivity index (χ1v) is 12.2. The minimum atomic E-state index is -3.89. The number of benzene rings is 2. The summed E-state index contributed by atoms with van der Waals surface area (Å²) in [6, 6.07) is 18.3. The summed E-state index contributed by atoms with van der Waals surface area (Å²) in [6.45, 7) is 5.63. The van der Waals surface area contributed by atoms with E-state index in [-0.39, 0.29) is 23.2 Å². The molecule has 0 aliphatic heterocycles. The Morgan fingerprint density at radius 3 is 2.31 bits per heavy atom. The van der Waals surface area contributed by atoms with E-state index in [9.17, 15) is 13.2 Å². The van der Waals surface area contributed by atoms with Crippen LogP contribution in [0.5, 0.6) is 5.75 Å². The Balaban J connectivity index is 1.38. The van der Waals surface area contributed by atoms with Crippen LogP contribution in [0.25, 0.3) is 0 Å². The van der Waals surface area contributed by atoms with Gasteiger partial charge in [0.2, 0.25) is 5.95 Å². The van der Waals surface area contributed by atoms with Crippen molar-refractivity contribution in [1.29, 1.82) is 0 Å². The average Bonchev–Trinajstić information content (AvgIpc) is 3.27. The van der Waals surface area contributed by atoms with Crippen molar-refractivity contribution >= 4 is 27.6 Å². The van der Waals surface area contributed by atoms with Crippen molar-refractivity contribution in [1.82, 2.24) is 9.97 Å². The molecule has 35 heavy (non-hydrogen) atoms. The van der Waals surface area contributed by atoms with E-state index in [2.05, 4.69) is 20.0 Å². The maximum atomic E-state index is 12.7. The smallest absolute Gasteiger partial charge is 0.291 e. The van der Waals surface area contributed by atoms with Crippen LogP contribution in [0.3, 0.4) is 0 Å². The van der Waals surface area contributed by atoms with Gasteiger partial charge >= 0.3 is 0 Å². The van der Waals surface area contributed by atoms with Gasteiger partial charge in [-0.05, 0) is 74.9 Å². The maximum Gasteiger partial charge on any atom is 0.291 e. The van der Waals surface area contributed by atoms with Gasteiger partial charge in [-0.2, -0.15) is 0 Å². The molecule has 180 valence electrons. The number of carbonyl (C=O) groups excluding carboxylic acids is 1. The fourth-order valence-electron chi connectivity index (χ4n) is 3.31. The highest BCUT2D eigenvalue weighted by molar-refractivity contribution is 7.92. The van der Waals surface area contributed by atoms with Crippen molar-refractivity contribution in [2.75, 3.05) is 10.0 Å². The molecule has 1 amide bonds. The van der Waals surface area contributed by atoms with E-state index in [4.69, 9.17) is 9.15 Å². The van der Waals surface area contributed by atoms with Gasteiger partial charge in [0.15, 0.2) is 5.76 Å². The predicted molar refractivity (Wildman–Crippen MR) is 131 cm³/mol. The molecule has 2 heterocycles. The molecule has 9 nitrogen and oxygen atoms in total. The molecule has 4 aromatic rings. The van der Waals surface area contributed by atoms with Gasteiger partial charge in [0.1, 0.15) is 18.1 Å². The number of rotatable bonds is 8. The van der Waals surface area contributed by atoms with E-state index in [0.29, 0.717) is 22.8 Å². The quantitative estimate of drug-likeness (QED) is 0.368. The molecule has 0 saturated heterocycles. The number of furan rings is 1. The Kier molecular flexibility index (Phi) is 6.83. The Bertz CT molecular complexity index is 1440. The number of amides is 1. The number of nitrogens with zero attached hydrogens (tertiary/aromatic N) is 2. The minimum absolute atomic E-state index is 0.0000858. The molecule has 2 aromatic heterocycles. The minimum Gasteiger partial charge on any atom is -0.485 e. The Labute approximate surface area is 203 Å². The monoisotopic (exact) mass is 492 g/mol. The van der Waals surface area contributed by atoms with Gasteiger partial charge in [0.05, 0.1) is 4.90 Å². The van der Waals surface area contributed by atoms with Crippen LogP contribution < -0.4 is 14.8 Å². The van der Waals surface area contributed by atoms with E-state index < -0.39 is 15.9 Å². The molecule has 0 atom stereocenters. The highest BCUT2D eigenvalue weighted by Gasteiger charge is 2.17. The fraction of sp³-hybridized carbons (Fsp3) is 0.160. The van der Waals surface area contributed by atoms with Gasteiger partial charge in [-0.3, -0.25) is 4.79 Å². The molecule has 10 heteroatoms. The third-order valence-electron chi connectivity index (χ3n) is 4.98. The first kappa shape index (κ1) is 24.0. The summed E-state index contributed by atoms with van der Waals surface area (Å²) in [5.74, 6) is 0.881. The number of aromatic nitrogens is 2. The van der Waals surface area contributed by atoms with E-state index in [1.807, 2.05) is 31.2 Å². The van der Waals surface area contributed by atoms with Crippen LogP contribution in [-0.4, -0.2) is 24.3 Å². The van der Waals surface area contributed by atoms with E-state index in [0.717, 1.165) is 11.3 Å². The predicted octanol–water partition coefficient (Wildman–Crippen LogP) is 4.63. The third kappa shape index (κ3) is 6.04. The van der Waals surface area contributed by atoms with Crippen molar-refractivity contribution in [3.05, 3.63) is 95.2 Å². The molecule has 0 spiro atoms. The normalized spacial score (nSPS) is 11.2. The second kappa shape index (κ2) is 9.98. The van der Waals surface area contributed by atoms with Gasteiger partial charge in [-0.15, -0.1) is 0 Å². The lowest BCUT2D eigenvalue weighted by molar-refractivity contribution is 0.0992. The van der Waals surface area contributed by atoms with Crippen LogP contribution in [0.2, 0.25) is 0 Å². The molecule has 4 rings (SSSR count). The summed E-state index contributed by atoms with van der Waals surface area (Å²) in [6.07, 6.45) is 0. The van der Waals surface area contributed by atoms with Crippen LogP contribution >= 0.6 is 0 Å². The van der Waals surface area contributed by atoms with Crippen molar-refractivity contribution in [2.45, 2.75) is 32.3 Å². The lowest BCUT2D eigenvalue weighted by Gasteiger charge is -2.09. The van der Waals surface area contributed by atoms with E-state index in [1.165, 1.54) is 24.3 Å². The molecule has 0 aliphatic rings. The zero-order chi connectivity index (χ0) is 25.0. The number of ether oxygens (including phenoxy) is 1. The molecule has 0 unspecified atom stereocenters. The SMILES string of the molecule is Cc1cc(C)nc(NS(=O)(=O)c2ccc(NC(=O)c3ccc(COc4ccccc4C)o3)cc2)n1. The first-order chi connectivity index (χ1) is 16.7. The number of sulfonamides is 1. The molecular formula is C25H24N4O5S. The van der Waals surface area contributed by atoms with Crippen LogP contribution in [0.15, 0.2) is 76.0 Å². The maximum absolute atomic E-state index is 12.7. The highest BCUT2D eigenvalue weighted by atomic mass is 32.2. The lowest BCUT2D eigenvalue weighted by atomic mass is 10.2. The van der Waals surface area contributed by atoms with E-state index >= 15 is 0 Å². The Hall–Kier alpha value is -4.18. The number of hydrogen-bond donors (Lipinski definition) is 2. The summed E-state index contributed by atoms with van der Waals surface area (Å²) in [7, 11) is -3.89. The van der Waals surface area contributed by atoms with Crippen molar-refractivity contribution in [3.63, 3.8) is 0 Å². The van der Waals surface area contributed by atoms with Gasteiger partial charge in [0.25, 0.3) is 15.9 Å². The molecule has 0 radical (unpaired) electrons. The zero-order valence-electron chi connectivity index (χ0n) is 19.4. The lowest BCUT2D eigenvalue weighted by Crippen LogP contribution is -2.16. The van der Waals surface area contributed by atoms with Crippen LogP contribution in [0.4, 0.5) is 11.6 Å². The van der Waals surface area contributed by atoms with E-state index in [1.54, 1.807) is 32.0 Å². The third-order valence-corrected chi connectivity index (χ3v) is 6.32. The Morgan fingerprint density at radius 2 is 1.63 bits per heavy atom. The second-order valence-corrected chi connectivity index (χ2v) is 9.56. The van der Waals surface area contributed by atoms with Gasteiger partial charge in [-0.25, -0.2) is 23.1 Å². The molecule has 0 aliphatic carbocycles. The summed E-state index contributed by atoms with van der Waals surface area (Å²) in [4.78, 5) is 20.7. The van der Waals surface area contributed by atoms with Gasteiger partial charge in [0, 0.05) is 17.1 Å². The summed E-state index contributed by atoms with van der Waals surface area (Å²) in [5.41, 5.74) is 2.71. The van der Waals surface area contributed by atoms with Gasteiger partial charge in [-0.1, -0.05) is 18.2 Å². The zero-order valence-corrected chi connectivity index (χ0v) is 20.2. The van der Waals surface area contributed by atoms with Crippen LogP contribution in [0, 0.1) is 20.8 Å². The number of hydrogen-bond acceptors (Lipinski definition) is 7. The molecule has 0 bridgehead atoms. The topological polar surface area (TPSA) is 123 Å². The summed E-state index contributed by atoms with van der Waals surface area (Å²) >= 11 is 0. The van der Waals surface area contributed by atoms with Crippen LogP contribution in [-0.2, 0) is 16.6 Å². The Morgan fingerprint density at radius 1 is 0.943 bits per heavy atom. The van der Waals surface area contributed by atoms with Crippen molar-refractivity contribution < 1.29 is 22.4 Å². The molecule has 2 N–H and O–H groups in total. The second-order valence-electron chi connectivity index (χ2n) is 7.88. The number of nitrogens with one attached hydrogen (secondary N) is 2. The molecule has 0 fully saturated rings. The molecular weight excluding hydrogens is 468 g/mol. The standard InChI is InChI=1S/C25H24N4O5S/c1-16-6-4-5-7-22(16)33-15-20-10-13-23(34-20)24(30)28-19-8-11-21(12-9-19)35(31,32)29-25-26-17(2)14-18(3)27-25/h4-14H,15H2,1-3H3,(H,28,30)(H,26,27,29). The fourth-order valence-corrected chi connectivity index (χ4v) is 4.25. The van der Waals surface area contributed by atoms with Crippen LogP contribution in [0.1, 0.15) is 33.3 Å². The number of anilines is 2. The summed E-state index contributed by atoms with van der Waals surface area (Å²) < 4.78 is 39.0. The van der Waals surface area contributed by atoms with Crippen molar-refractivity contribution in [2.24, 2.45) is 0 Å². The number of carbonyl (C=O) groups is 1. The largest absolute Gasteiger partial charge is 0.485 e. The molecule has 2 aromatic carbocycles.